The van der Waals surface area contributed by atoms with Crippen molar-refractivity contribution in [1.82, 2.24) is 9.38 Å². The first-order valence-electron chi connectivity index (χ1n) is 9.01. The molecule has 1 saturated carbocycles. The molecule has 0 saturated heterocycles. The lowest BCUT2D eigenvalue weighted by molar-refractivity contribution is 0.270. The molecule has 2 unspecified atom stereocenters. The Kier molecular flexibility index (Phi) is 4.65. The molecule has 144 valence electrons. The second kappa shape index (κ2) is 7.00. The van der Waals surface area contributed by atoms with E-state index in [2.05, 4.69) is 9.83 Å². The Morgan fingerprint density at radius 1 is 1.46 bits per heavy atom. The van der Waals surface area contributed by atoms with Gasteiger partial charge in [-0.25, -0.2) is 15.9 Å². The Hall–Kier alpha value is -2.76. The average molecular weight is 398 g/mol. The lowest BCUT2D eigenvalue weighted by Gasteiger charge is -2.22. The van der Waals surface area contributed by atoms with Gasteiger partial charge < -0.3 is 14.9 Å². The molecule has 3 aromatic rings. The molecule has 8 heteroatoms. The molecular weight excluding hydrogens is 379 g/mol. The van der Waals surface area contributed by atoms with Crippen LogP contribution in [0.15, 0.2) is 40.5 Å². The van der Waals surface area contributed by atoms with Gasteiger partial charge in [-0.3, -0.25) is 9.20 Å². The monoisotopic (exact) mass is 398 g/mol. The molecule has 28 heavy (non-hydrogen) atoms. The first-order chi connectivity index (χ1) is 13.5. The van der Waals surface area contributed by atoms with E-state index in [0.717, 1.165) is 11.4 Å². The minimum atomic E-state index is -0.798. The highest BCUT2D eigenvalue weighted by Gasteiger charge is 2.64. The van der Waals surface area contributed by atoms with E-state index in [0.29, 0.717) is 30.2 Å². The van der Waals surface area contributed by atoms with Crippen LogP contribution in [0, 0.1) is 12.4 Å². The molecule has 0 amide bonds. The Morgan fingerprint density at radius 3 is 2.82 bits per heavy atom. The maximum Gasteiger partial charge on any atom is 0.264 e. The number of hydrogen-bond acceptors (Lipinski definition) is 5. The Morgan fingerprint density at radius 2 is 2.21 bits per heavy atom. The van der Waals surface area contributed by atoms with Gasteiger partial charge in [0.1, 0.15) is 12.4 Å². The van der Waals surface area contributed by atoms with Gasteiger partial charge in [0.05, 0.1) is 23.9 Å². The maximum atomic E-state index is 13.2. The fraction of sp³-hybridized carbons (Fsp3) is 0.350. The van der Waals surface area contributed by atoms with E-state index in [9.17, 15) is 14.3 Å². The van der Waals surface area contributed by atoms with Gasteiger partial charge in [0.25, 0.3) is 11.1 Å². The molecule has 1 aliphatic carbocycles. The molecule has 0 spiro atoms. The highest BCUT2D eigenvalue weighted by atomic mass is 32.1. The summed E-state index contributed by atoms with van der Waals surface area (Å²) >= 11 is 1.36. The number of rotatable bonds is 6. The van der Waals surface area contributed by atoms with E-state index in [1.54, 1.807) is 16.5 Å². The van der Waals surface area contributed by atoms with Crippen LogP contribution in [0.3, 0.4) is 0 Å². The number of anilines is 1. The summed E-state index contributed by atoms with van der Waals surface area (Å²) in [4.78, 5) is 23.6. The molecular formula is C20H19FN4O2S. The first kappa shape index (κ1) is 18.6. The zero-order chi connectivity index (χ0) is 19.9. The van der Waals surface area contributed by atoms with Crippen LogP contribution >= 0.6 is 11.3 Å². The minimum Gasteiger partial charge on any atom is -0.388 e. The standard InChI is InChI=1S/C20H19FN4O2S/c1-3-24(15-6-4-13(21)5-7-15)10-14-8-18(27)25-17(11-28-19(25)23-14)16-9-20(16,12-26)22-2/h4-8,11,16,26H,3,9-10,12H2,1H3. The Labute approximate surface area is 165 Å². The minimum absolute atomic E-state index is 0.138. The van der Waals surface area contributed by atoms with Crippen molar-refractivity contribution in [3.05, 3.63) is 74.7 Å². The molecule has 4 rings (SSSR count). The van der Waals surface area contributed by atoms with E-state index in [-0.39, 0.29) is 23.9 Å². The van der Waals surface area contributed by atoms with Gasteiger partial charge in [0, 0.05) is 30.1 Å². The van der Waals surface area contributed by atoms with Gasteiger partial charge in [-0.15, -0.1) is 11.3 Å². The molecule has 0 radical (unpaired) electrons. The number of aromatic nitrogens is 2. The van der Waals surface area contributed by atoms with E-state index in [1.165, 1.54) is 29.5 Å². The van der Waals surface area contributed by atoms with Crippen molar-refractivity contribution in [3.8, 4) is 0 Å². The SMILES string of the molecule is [C-]#[N+]C1(CO)CC1c1csc2nc(CN(CC)c3ccc(F)cc3)cc(=O)n12. The zero-order valence-corrected chi connectivity index (χ0v) is 16.1. The van der Waals surface area contributed by atoms with Crippen molar-refractivity contribution in [1.29, 1.82) is 0 Å². The third-order valence-electron chi connectivity index (χ3n) is 5.31. The lowest BCUT2D eigenvalue weighted by Crippen LogP contribution is -2.25. The predicted molar refractivity (Wildman–Crippen MR) is 106 cm³/mol. The molecule has 2 aromatic heterocycles. The summed E-state index contributed by atoms with van der Waals surface area (Å²) in [7, 11) is 0. The third kappa shape index (κ3) is 3.07. The quantitative estimate of drug-likeness (QED) is 0.649. The number of halogens is 1. The summed E-state index contributed by atoms with van der Waals surface area (Å²) in [6.07, 6.45) is 0.557. The molecule has 2 atom stereocenters. The predicted octanol–water partition coefficient (Wildman–Crippen LogP) is 3.06. The number of nitrogens with zero attached hydrogens (tertiary/aromatic N) is 4. The van der Waals surface area contributed by atoms with E-state index in [4.69, 9.17) is 6.57 Å². The first-order valence-corrected chi connectivity index (χ1v) is 9.89. The van der Waals surface area contributed by atoms with Crippen LogP contribution in [0.5, 0.6) is 0 Å². The van der Waals surface area contributed by atoms with Gasteiger partial charge in [-0.05, 0) is 31.2 Å². The molecule has 1 fully saturated rings. The van der Waals surface area contributed by atoms with Crippen molar-refractivity contribution < 1.29 is 9.50 Å². The maximum absolute atomic E-state index is 13.2. The average Bonchev–Trinajstić information content (AvgIpc) is 3.28. The largest absolute Gasteiger partial charge is 0.388 e. The molecule has 2 heterocycles. The fourth-order valence-corrected chi connectivity index (χ4v) is 4.52. The summed E-state index contributed by atoms with van der Waals surface area (Å²) in [6.45, 7) is 10.2. The third-order valence-corrected chi connectivity index (χ3v) is 6.15. The molecule has 1 N–H and O–H groups in total. The smallest absolute Gasteiger partial charge is 0.264 e. The van der Waals surface area contributed by atoms with Crippen molar-refractivity contribution in [2.75, 3.05) is 18.1 Å². The molecule has 0 bridgehead atoms. The Balaban J connectivity index is 1.65. The zero-order valence-electron chi connectivity index (χ0n) is 15.3. The van der Waals surface area contributed by atoms with E-state index < -0.39 is 5.54 Å². The van der Waals surface area contributed by atoms with Crippen LogP contribution in [-0.4, -0.2) is 33.2 Å². The van der Waals surface area contributed by atoms with Crippen molar-refractivity contribution in [2.24, 2.45) is 0 Å². The van der Waals surface area contributed by atoms with Gasteiger partial charge >= 0.3 is 0 Å². The lowest BCUT2D eigenvalue weighted by atomic mass is 10.2. The van der Waals surface area contributed by atoms with E-state index in [1.807, 2.05) is 17.2 Å². The van der Waals surface area contributed by atoms with Gasteiger partial charge in [0.15, 0.2) is 4.96 Å². The molecule has 1 aromatic carbocycles. The number of thiazole rings is 1. The molecule has 1 aliphatic rings. The van der Waals surface area contributed by atoms with Crippen LogP contribution in [0.2, 0.25) is 0 Å². The highest BCUT2D eigenvalue weighted by Crippen LogP contribution is 2.54. The van der Waals surface area contributed by atoms with Crippen molar-refractivity contribution in [2.45, 2.75) is 31.3 Å². The number of aliphatic hydroxyl groups is 1. The van der Waals surface area contributed by atoms with Crippen LogP contribution in [0.1, 0.15) is 30.7 Å². The number of aliphatic hydroxyl groups excluding tert-OH is 1. The van der Waals surface area contributed by atoms with Crippen LogP contribution < -0.4 is 10.5 Å². The normalized spacial score (nSPS) is 20.9. The second-order valence-electron chi connectivity index (χ2n) is 6.99. The summed E-state index contributed by atoms with van der Waals surface area (Å²) < 4.78 is 14.7. The molecule has 6 nitrogen and oxygen atoms in total. The summed E-state index contributed by atoms with van der Waals surface area (Å²) in [6, 6.07) is 7.75. The fourth-order valence-electron chi connectivity index (χ4n) is 3.55. The van der Waals surface area contributed by atoms with Gasteiger partial charge in [-0.2, -0.15) is 0 Å². The molecule has 0 aliphatic heterocycles. The van der Waals surface area contributed by atoms with Crippen LogP contribution in [-0.2, 0) is 6.54 Å². The van der Waals surface area contributed by atoms with E-state index >= 15 is 0 Å². The van der Waals surface area contributed by atoms with Crippen molar-refractivity contribution in [3.63, 3.8) is 0 Å². The van der Waals surface area contributed by atoms with Gasteiger partial charge in [0.2, 0.25) is 0 Å². The van der Waals surface area contributed by atoms with Crippen LogP contribution in [0.25, 0.3) is 9.81 Å². The summed E-state index contributed by atoms with van der Waals surface area (Å²) in [5, 5.41) is 11.4. The topological polar surface area (TPSA) is 62.2 Å². The summed E-state index contributed by atoms with van der Waals surface area (Å²) in [5.74, 6) is -0.428. The number of benzene rings is 1. The van der Waals surface area contributed by atoms with Crippen molar-refractivity contribution >= 4 is 22.0 Å². The van der Waals surface area contributed by atoms with Gasteiger partial charge in [-0.1, -0.05) is 0 Å². The number of fused-ring (bicyclic) bond motifs is 1. The van der Waals surface area contributed by atoms with Crippen LogP contribution in [0.4, 0.5) is 10.1 Å². The Bertz CT molecular complexity index is 1120. The second-order valence-corrected chi connectivity index (χ2v) is 7.82. The highest BCUT2D eigenvalue weighted by molar-refractivity contribution is 7.15. The number of hydrogen-bond donors (Lipinski definition) is 1. The summed E-state index contributed by atoms with van der Waals surface area (Å²) in [5.41, 5.74) is 1.27.